The molecule has 0 aliphatic carbocycles. The summed E-state index contributed by atoms with van der Waals surface area (Å²) in [5.41, 5.74) is 2.31. The maximum Gasteiger partial charge on any atom is 0.505 e. The van der Waals surface area contributed by atoms with Crippen molar-refractivity contribution < 1.29 is 12.3 Å². The molecule has 2 aromatic rings. The second kappa shape index (κ2) is 9.60. The molecule has 2 rings (SSSR count). The first kappa shape index (κ1) is 25.2. The molecular formula is C23H38O3Si4. The van der Waals surface area contributed by atoms with E-state index in [1.165, 1.54) is 5.56 Å². The fraction of sp³-hybridized carbons (Fsp3) is 0.391. The maximum absolute atomic E-state index is 6.86. The molecule has 2 aromatic carbocycles. The Labute approximate surface area is 187 Å². The van der Waals surface area contributed by atoms with Crippen molar-refractivity contribution in [3.63, 3.8) is 0 Å². The van der Waals surface area contributed by atoms with Crippen molar-refractivity contribution in [3.8, 4) is 0 Å². The van der Waals surface area contributed by atoms with Gasteiger partial charge in [-0.15, -0.1) is 0 Å². The predicted molar refractivity (Wildman–Crippen MR) is 140 cm³/mol. The van der Waals surface area contributed by atoms with Crippen LogP contribution in [0.5, 0.6) is 0 Å². The molecule has 30 heavy (non-hydrogen) atoms. The molecule has 0 saturated carbocycles. The third kappa shape index (κ3) is 8.58. The van der Waals surface area contributed by atoms with Crippen molar-refractivity contribution in [1.82, 2.24) is 0 Å². The van der Waals surface area contributed by atoms with E-state index in [9.17, 15) is 0 Å². The molecule has 0 radical (unpaired) electrons. The Bertz CT molecular complexity index is 806. The summed E-state index contributed by atoms with van der Waals surface area (Å²) in [5.74, 6) is 0. The van der Waals surface area contributed by atoms with E-state index >= 15 is 0 Å². The fourth-order valence-corrected chi connectivity index (χ4v) is 16.4. The van der Waals surface area contributed by atoms with Crippen LogP contribution < -0.4 is 5.19 Å². The number of benzene rings is 2. The van der Waals surface area contributed by atoms with Gasteiger partial charge in [0.15, 0.2) is 25.0 Å². The van der Waals surface area contributed by atoms with Crippen LogP contribution in [0.15, 0.2) is 54.6 Å². The SMILES string of the molecule is C[Si](C)(C)O[Si](O[Si](C)(C)C)(O[Si](C)(C)C)c1cccc(C=Cc2ccccc2)c1. The molecule has 0 saturated heterocycles. The van der Waals surface area contributed by atoms with Gasteiger partial charge >= 0.3 is 8.80 Å². The van der Waals surface area contributed by atoms with Crippen LogP contribution in [0.2, 0.25) is 58.9 Å². The van der Waals surface area contributed by atoms with Gasteiger partial charge in [-0.05, 0) is 76.1 Å². The Morgan fingerprint density at radius 2 is 0.967 bits per heavy atom. The molecule has 164 valence electrons. The Morgan fingerprint density at radius 1 is 0.533 bits per heavy atom. The Kier molecular flexibility index (Phi) is 8.06. The number of rotatable bonds is 9. The van der Waals surface area contributed by atoms with Crippen molar-refractivity contribution in [3.05, 3.63) is 65.7 Å². The number of hydrogen-bond acceptors (Lipinski definition) is 3. The van der Waals surface area contributed by atoms with Crippen LogP contribution >= 0.6 is 0 Å². The third-order valence-corrected chi connectivity index (χ3v) is 15.4. The lowest BCUT2D eigenvalue weighted by Gasteiger charge is -2.42. The fourth-order valence-electron chi connectivity index (χ4n) is 3.04. The highest BCUT2D eigenvalue weighted by Crippen LogP contribution is 2.26. The second-order valence-corrected chi connectivity index (χ2v) is 27.4. The van der Waals surface area contributed by atoms with Gasteiger partial charge in [0.1, 0.15) is 0 Å². The molecule has 0 N–H and O–H groups in total. The largest absolute Gasteiger partial charge is 0.505 e. The maximum atomic E-state index is 6.86. The highest BCUT2D eigenvalue weighted by molar-refractivity contribution is 6.95. The van der Waals surface area contributed by atoms with E-state index in [0.717, 1.165) is 10.8 Å². The van der Waals surface area contributed by atoms with Gasteiger partial charge < -0.3 is 12.3 Å². The molecule has 0 unspecified atom stereocenters. The Hall–Kier alpha value is -1.07. The molecule has 0 bridgehead atoms. The van der Waals surface area contributed by atoms with Crippen molar-refractivity contribution in [2.75, 3.05) is 0 Å². The average Bonchev–Trinajstić information content (AvgIpc) is 2.56. The van der Waals surface area contributed by atoms with Crippen LogP contribution in [0.4, 0.5) is 0 Å². The normalized spacial score (nSPS) is 13.8. The summed E-state index contributed by atoms with van der Waals surface area (Å²) in [6, 6.07) is 18.9. The van der Waals surface area contributed by atoms with E-state index in [1.54, 1.807) is 0 Å². The molecule has 0 amide bonds. The molecule has 3 nitrogen and oxygen atoms in total. The minimum absolute atomic E-state index is 1.07. The van der Waals surface area contributed by atoms with Gasteiger partial charge in [0.25, 0.3) is 0 Å². The first-order chi connectivity index (χ1) is 13.7. The average molecular weight is 475 g/mol. The predicted octanol–water partition coefficient (Wildman–Crippen LogP) is 6.56. The van der Waals surface area contributed by atoms with Crippen LogP contribution in [0.3, 0.4) is 0 Å². The van der Waals surface area contributed by atoms with Crippen LogP contribution in [0.25, 0.3) is 12.2 Å². The standard InChI is InChI=1S/C23H38O3Si4/c1-27(2,3)24-30(25-28(4,5)6,26-29(7,8)9)23-17-13-16-22(20-23)19-18-21-14-11-10-12-15-21/h10-20H,1-9H3. The summed E-state index contributed by atoms with van der Waals surface area (Å²) in [6.45, 7) is 20.0. The van der Waals surface area contributed by atoms with E-state index < -0.39 is 33.8 Å². The summed E-state index contributed by atoms with van der Waals surface area (Å²) in [5, 5.41) is 1.07. The number of hydrogen-bond donors (Lipinski definition) is 0. The Morgan fingerprint density at radius 3 is 1.43 bits per heavy atom. The van der Waals surface area contributed by atoms with E-state index in [0.29, 0.717) is 0 Å². The minimum atomic E-state index is -3.07. The summed E-state index contributed by atoms with van der Waals surface area (Å²) in [6.07, 6.45) is 4.29. The van der Waals surface area contributed by atoms with Gasteiger partial charge in [0.05, 0.1) is 0 Å². The quantitative estimate of drug-likeness (QED) is 0.304. The van der Waals surface area contributed by atoms with Crippen molar-refractivity contribution in [2.45, 2.75) is 58.9 Å². The zero-order valence-electron chi connectivity index (χ0n) is 20.1. The lowest BCUT2D eigenvalue weighted by Crippen LogP contribution is -2.67. The van der Waals surface area contributed by atoms with E-state index in [-0.39, 0.29) is 0 Å². The lowest BCUT2D eigenvalue weighted by atomic mass is 10.1. The zero-order chi connectivity index (χ0) is 22.6. The summed E-state index contributed by atoms with van der Waals surface area (Å²) in [4.78, 5) is 0. The van der Waals surface area contributed by atoms with Crippen LogP contribution in [0, 0.1) is 0 Å². The molecule has 0 aromatic heterocycles. The highest BCUT2D eigenvalue weighted by Gasteiger charge is 2.51. The van der Waals surface area contributed by atoms with Gasteiger partial charge in [-0.3, -0.25) is 0 Å². The first-order valence-corrected chi connectivity index (χ1v) is 22.6. The monoisotopic (exact) mass is 474 g/mol. The summed E-state index contributed by atoms with van der Waals surface area (Å²) >= 11 is 0. The van der Waals surface area contributed by atoms with E-state index in [1.807, 2.05) is 6.07 Å². The molecule has 0 aliphatic rings. The summed E-state index contributed by atoms with van der Waals surface area (Å²) in [7, 11) is -8.84. The topological polar surface area (TPSA) is 27.7 Å². The molecule has 0 spiro atoms. The van der Waals surface area contributed by atoms with E-state index in [2.05, 4.69) is 120 Å². The van der Waals surface area contributed by atoms with Gasteiger partial charge in [-0.2, -0.15) is 0 Å². The van der Waals surface area contributed by atoms with E-state index in [4.69, 9.17) is 12.3 Å². The molecule has 0 heterocycles. The zero-order valence-corrected chi connectivity index (χ0v) is 24.1. The smallest absolute Gasteiger partial charge is 0.414 e. The van der Waals surface area contributed by atoms with Crippen LogP contribution in [-0.4, -0.2) is 33.8 Å². The van der Waals surface area contributed by atoms with Crippen LogP contribution in [0.1, 0.15) is 11.1 Å². The second-order valence-electron chi connectivity index (χ2n) is 10.6. The highest BCUT2D eigenvalue weighted by atomic mass is 28.5. The van der Waals surface area contributed by atoms with Crippen LogP contribution in [-0.2, 0) is 12.3 Å². The first-order valence-electron chi connectivity index (χ1n) is 10.6. The molecule has 0 atom stereocenters. The van der Waals surface area contributed by atoms with Gasteiger partial charge in [0, 0.05) is 5.19 Å². The van der Waals surface area contributed by atoms with Gasteiger partial charge in [-0.1, -0.05) is 60.7 Å². The lowest BCUT2D eigenvalue weighted by molar-refractivity contribution is 0.273. The van der Waals surface area contributed by atoms with Crippen molar-refractivity contribution in [1.29, 1.82) is 0 Å². The van der Waals surface area contributed by atoms with Gasteiger partial charge in [-0.25, -0.2) is 0 Å². The molecule has 7 heteroatoms. The van der Waals surface area contributed by atoms with Crippen molar-refractivity contribution in [2.24, 2.45) is 0 Å². The van der Waals surface area contributed by atoms with Gasteiger partial charge in [0.2, 0.25) is 0 Å². The minimum Gasteiger partial charge on any atom is -0.414 e. The van der Waals surface area contributed by atoms with Crippen molar-refractivity contribution >= 4 is 51.1 Å². The molecular weight excluding hydrogens is 437 g/mol. The summed E-state index contributed by atoms with van der Waals surface area (Å²) < 4.78 is 20.6. The Balaban J connectivity index is 2.54. The molecule has 0 fully saturated rings. The third-order valence-electron chi connectivity index (χ3n) is 3.83. The molecule has 0 aliphatic heterocycles.